The molecule has 3 N–H and O–H groups in total. The summed E-state index contributed by atoms with van der Waals surface area (Å²) in [4.78, 5) is 85.6. The number of aromatic nitrogens is 2. The first-order valence-corrected chi connectivity index (χ1v) is 24.1. The molecule has 7 aliphatic rings. The largest absolute Gasteiger partial charge is 0.370 e. The molecule has 67 heavy (non-hydrogen) atoms. The van der Waals surface area contributed by atoms with E-state index < -0.39 is 46.8 Å². The fraction of sp³-hybridized carbons (Fsp3) is 0.571. The molecule has 5 amide bonds. The number of anilines is 4. The van der Waals surface area contributed by atoms with Crippen LogP contribution in [-0.4, -0.2) is 144 Å². The Morgan fingerprint density at radius 1 is 0.761 bits per heavy atom. The highest BCUT2D eigenvalue weighted by molar-refractivity contribution is 6.25. The molecule has 1 aromatic heterocycles. The van der Waals surface area contributed by atoms with E-state index in [1.165, 1.54) is 12.1 Å². The zero-order chi connectivity index (χ0) is 46.7. The Balaban J connectivity index is 0.690. The second-order valence-corrected chi connectivity index (χ2v) is 20.9. The molecule has 7 aliphatic heterocycles. The van der Waals surface area contributed by atoms with Gasteiger partial charge in [-0.15, -0.1) is 0 Å². The molecular formula is C49H61F2N11O5. The van der Waals surface area contributed by atoms with Crippen LogP contribution in [0.4, 0.5) is 31.8 Å². The Labute approximate surface area is 389 Å². The van der Waals surface area contributed by atoms with E-state index in [2.05, 4.69) is 59.4 Å². The minimum absolute atomic E-state index is 0.0282. The summed E-state index contributed by atoms with van der Waals surface area (Å²) < 4.78 is 31.2. The predicted octanol–water partition coefficient (Wildman–Crippen LogP) is 4.16. The highest BCUT2D eigenvalue weighted by atomic mass is 19.1. The fourth-order valence-electron chi connectivity index (χ4n) is 11.7. The molecular weight excluding hydrogens is 861 g/mol. The summed E-state index contributed by atoms with van der Waals surface area (Å²) in [5.41, 5.74) is 1.62. The Hall–Kier alpha value is -5.75. The number of benzene rings is 2. The van der Waals surface area contributed by atoms with Crippen LogP contribution in [0.1, 0.15) is 97.9 Å². The molecule has 10 rings (SSSR count). The van der Waals surface area contributed by atoms with Crippen LogP contribution < -0.4 is 30.7 Å². The van der Waals surface area contributed by atoms with Crippen LogP contribution in [0.15, 0.2) is 42.7 Å². The number of halogens is 2. The summed E-state index contributed by atoms with van der Waals surface area (Å²) in [5, 5.41) is 8.95. The van der Waals surface area contributed by atoms with Gasteiger partial charge in [0.2, 0.25) is 17.7 Å². The molecule has 2 atom stereocenters. The number of piperazine rings is 1. The van der Waals surface area contributed by atoms with Crippen LogP contribution in [0.25, 0.3) is 0 Å². The Bertz CT molecular complexity index is 2470. The van der Waals surface area contributed by atoms with Crippen molar-refractivity contribution < 1.29 is 32.8 Å². The van der Waals surface area contributed by atoms with Gasteiger partial charge < -0.3 is 30.2 Å². The number of carbonyl (C=O) groups excluding carboxylic acids is 5. The summed E-state index contributed by atoms with van der Waals surface area (Å²) in [6, 6.07) is 8.88. The lowest BCUT2D eigenvalue weighted by Gasteiger charge is -2.48. The number of nitrogens with zero attached hydrogens (tertiary/aromatic N) is 8. The summed E-state index contributed by atoms with van der Waals surface area (Å²) in [5.74, 6) is -1.60. The molecule has 0 aliphatic carbocycles. The smallest absolute Gasteiger partial charge is 0.264 e. The maximum Gasteiger partial charge on any atom is 0.264 e. The molecule has 6 saturated heterocycles. The predicted molar refractivity (Wildman–Crippen MR) is 248 cm³/mol. The molecule has 356 valence electrons. The summed E-state index contributed by atoms with van der Waals surface area (Å²) in [6.45, 7) is 13.3. The zero-order valence-electron chi connectivity index (χ0n) is 38.6. The number of nitrogens with one attached hydrogen (secondary N) is 3. The lowest BCUT2D eigenvalue weighted by molar-refractivity contribution is -0.136. The van der Waals surface area contributed by atoms with Crippen molar-refractivity contribution in [1.82, 2.24) is 35.3 Å². The molecule has 6 fully saturated rings. The second kappa shape index (κ2) is 17.7. The van der Waals surface area contributed by atoms with Crippen LogP contribution in [-0.2, 0) is 20.9 Å². The standard InChI is InChI=1S/C49H61F2N11O5/c1-47(2)9-17-57(18-10-47)26-32-23-35(51)38(24-34(32)50)61-27-42(64)56-49(30-61)13-21-59(22-14-49)40-25-39(53-31-54-40)52-15-4-16-58-19-11-48(28-58)12-20-60(29-48)36-6-3-5-33-43(36)46(67)62(45(33)66)37-7-8-41(63)55-44(37)65/h3,5-6,23-25,31,37H,4,7-22,26-30H2,1-2H3,(H,56,64)(H,52,53,54)(H,55,63,65)/t37?,48-/m0/s1. The number of hydrogen-bond acceptors (Lipinski definition) is 13. The van der Waals surface area contributed by atoms with E-state index in [-0.39, 0.29) is 41.8 Å². The third-order valence-electron chi connectivity index (χ3n) is 15.7. The van der Waals surface area contributed by atoms with Crippen LogP contribution in [0.5, 0.6) is 0 Å². The van der Waals surface area contributed by atoms with Crippen molar-refractivity contribution in [3.63, 3.8) is 0 Å². The van der Waals surface area contributed by atoms with Crippen molar-refractivity contribution in [2.24, 2.45) is 10.8 Å². The van der Waals surface area contributed by atoms with Gasteiger partial charge in [-0.1, -0.05) is 19.9 Å². The van der Waals surface area contributed by atoms with E-state index in [0.29, 0.717) is 55.7 Å². The molecule has 2 spiro atoms. The molecule has 16 nitrogen and oxygen atoms in total. The van der Waals surface area contributed by atoms with Crippen molar-refractivity contribution in [1.29, 1.82) is 0 Å². The SMILES string of the molecule is CC1(C)CCN(Cc2cc(F)c(N3CC(=O)NC4(CCN(c5cc(NCCCN6CC[C@]7(CCN(c8cccc9c8C(=O)N(C8CCC(=O)NC8=O)C9=O)C7)C6)ncn5)CC4)C3)cc2F)CC1. The molecule has 0 saturated carbocycles. The topological polar surface area (TPSA) is 167 Å². The average molecular weight is 922 g/mol. The lowest BCUT2D eigenvalue weighted by Crippen LogP contribution is -2.66. The van der Waals surface area contributed by atoms with Gasteiger partial charge >= 0.3 is 0 Å². The van der Waals surface area contributed by atoms with Gasteiger partial charge in [-0.05, 0) is 101 Å². The average Bonchev–Trinajstić information content (AvgIpc) is 3.99. The van der Waals surface area contributed by atoms with E-state index in [4.69, 9.17) is 0 Å². The van der Waals surface area contributed by atoms with Crippen LogP contribution in [0, 0.1) is 22.5 Å². The summed E-state index contributed by atoms with van der Waals surface area (Å²) in [6.07, 6.45) is 7.97. The van der Waals surface area contributed by atoms with E-state index >= 15 is 8.78 Å². The van der Waals surface area contributed by atoms with Gasteiger partial charge in [-0.2, -0.15) is 0 Å². The number of rotatable bonds is 11. The summed E-state index contributed by atoms with van der Waals surface area (Å²) >= 11 is 0. The van der Waals surface area contributed by atoms with E-state index in [1.807, 2.05) is 12.1 Å². The summed E-state index contributed by atoms with van der Waals surface area (Å²) in [7, 11) is 0. The van der Waals surface area contributed by atoms with Crippen LogP contribution in [0.2, 0.25) is 0 Å². The van der Waals surface area contributed by atoms with E-state index in [0.717, 1.165) is 107 Å². The quantitative estimate of drug-likeness (QED) is 0.186. The Morgan fingerprint density at radius 2 is 1.52 bits per heavy atom. The Morgan fingerprint density at radius 3 is 2.31 bits per heavy atom. The minimum atomic E-state index is -0.997. The zero-order valence-corrected chi connectivity index (χ0v) is 38.6. The number of amides is 5. The maximum atomic E-state index is 15.7. The van der Waals surface area contributed by atoms with Crippen molar-refractivity contribution >= 4 is 52.5 Å². The fourth-order valence-corrected chi connectivity index (χ4v) is 11.7. The number of hydrogen-bond donors (Lipinski definition) is 3. The van der Waals surface area contributed by atoms with Gasteiger partial charge in [-0.3, -0.25) is 39.1 Å². The van der Waals surface area contributed by atoms with Gasteiger partial charge in [-0.25, -0.2) is 18.7 Å². The molecule has 18 heteroatoms. The van der Waals surface area contributed by atoms with Gasteiger partial charge in [0.15, 0.2) is 0 Å². The highest BCUT2D eigenvalue weighted by Gasteiger charge is 2.49. The van der Waals surface area contributed by atoms with Gasteiger partial charge in [0.05, 0.1) is 34.6 Å². The third-order valence-corrected chi connectivity index (χ3v) is 15.7. The number of piperidine rings is 3. The first-order chi connectivity index (χ1) is 32.2. The van der Waals surface area contributed by atoms with Crippen molar-refractivity contribution in [2.75, 3.05) is 98.6 Å². The second-order valence-electron chi connectivity index (χ2n) is 20.9. The van der Waals surface area contributed by atoms with Crippen molar-refractivity contribution in [2.45, 2.75) is 89.8 Å². The maximum absolute atomic E-state index is 15.7. The molecule has 3 aromatic rings. The first-order valence-electron chi connectivity index (χ1n) is 24.1. The number of imide groups is 2. The number of likely N-dealkylation sites (tertiary alicyclic amines) is 2. The normalized spacial score (nSPS) is 25.4. The molecule has 1 unspecified atom stereocenters. The van der Waals surface area contributed by atoms with Crippen molar-refractivity contribution in [3.8, 4) is 0 Å². The van der Waals surface area contributed by atoms with E-state index in [1.54, 1.807) is 23.4 Å². The monoisotopic (exact) mass is 921 g/mol. The van der Waals surface area contributed by atoms with Crippen LogP contribution >= 0.6 is 0 Å². The Kier molecular flexibility index (Phi) is 11.9. The molecule has 2 aromatic carbocycles. The van der Waals surface area contributed by atoms with Gasteiger partial charge in [0.1, 0.15) is 35.6 Å². The van der Waals surface area contributed by atoms with Gasteiger partial charge in [0, 0.05) is 81.9 Å². The molecule has 8 heterocycles. The lowest BCUT2D eigenvalue weighted by atomic mass is 9.82. The number of carbonyl (C=O) groups is 5. The van der Waals surface area contributed by atoms with Crippen molar-refractivity contribution in [3.05, 3.63) is 71.1 Å². The van der Waals surface area contributed by atoms with Gasteiger partial charge in [0.25, 0.3) is 11.8 Å². The molecule has 0 bridgehead atoms. The first kappa shape index (κ1) is 45.1. The molecule has 0 radical (unpaired) electrons. The van der Waals surface area contributed by atoms with E-state index in [9.17, 15) is 24.0 Å². The van der Waals surface area contributed by atoms with Crippen LogP contribution in [0.3, 0.4) is 0 Å². The number of fused-ring (bicyclic) bond motifs is 1. The third kappa shape index (κ3) is 9.06. The highest BCUT2D eigenvalue weighted by Crippen LogP contribution is 2.44. The minimum Gasteiger partial charge on any atom is -0.370 e.